The highest BCUT2D eigenvalue weighted by Crippen LogP contribution is 2.44. The molecule has 0 unspecified atom stereocenters. The molecule has 0 spiro atoms. The summed E-state index contributed by atoms with van der Waals surface area (Å²) >= 11 is 1.21. The second-order valence-electron chi connectivity index (χ2n) is 4.43. The molecule has 1 aliphatic carbocycles. The van der Waals surface area contributed by atoms with Crippen LogP contribution in [0, 0.1) is 0 Å². The van der Waals surface area contributed by atoms with Crippen LogP contribution in [0.25, 0.3) is 10.8 Å². The summed E-state index contributed by atoms with van der Waals surface area (Å²) in [6.07, 6.45) is 2.91. The molecular weight excluding hydrogens is 250 g/mol. The summed E-state index contributed by atoms with van der Waals surface area (Å²) in [5.74, 6) is 1.01. The van der Waals surface area contributed by atoms with Crippen LogP contribution in [-0.4, -0.2) is 16.1 Å². The first-order valence-electron chi connectivity index (χ1n) is 6.02. The number of hydrogen-bond donors (Lipinski definition) is 1. The van der Waals surface area contributed by atoms with Gasteiger partial charge in [0.25, 0.3) is 0 Å². The van der Waals surface area contributed by atoms with Gasteiger partial charge in [0.1, 0.15) is 10.6 Å². The van der Waals surface area contributed by atoms with Crippen molar-refractivity contribution < 1.29 is 14.3 Å². The molecule has 1 saturated carbocycles. The van der Waals surface area contributed by atoms with Gasteiger partial charge in [0.05, 0.1) is 5.69 Å². The van der Waals surface area contributed by atoms with Gasteiger partial charge in [-0.3, -0.25) is 0 Å². The molecule has 1 aliphatic rings. The predicted molar refractivity (Wildman–Crippen MR) is 68.1 cm³/mol. The number of aromatic carboxylic acids is 1. The third-order valence-corrected chi connectivity index (χ3v) is 4.11. The van der Waals surface area contributed by atoms with Gasteiger partial charge in [-0.25, -0.2) is 9.78 Å². The first-order chi connectivity index (χ1) is 8.69. The van der Waals surface area contributed by atoms with E-state index in [0.717, 1.165) is 30.7 Å². The van der Waals surface area contributed by atoms with Gasteiger partial charge in [-0.1, -0.05) is 6.92 Å². The zero-order chi connectivity index (χ0) is 12.7. The Hall–Kier alpha value is -1.62. The van der Waals surface area contributed by atoms with Gasteiger partial charge in [-0.2, -0.15) is 0 Å². The number of aromatic nitrogens is 1. The Morgan fingerprint density at radius 3 is 2.89 bits per heavy atom. The predicted octanol–water partition coefficient (Wildman–Crippen LogP) is 3.54. The molecule has 2 aromatic heterocycles. The molecule has 0 amide bonds. The van der Waals surface area contributed by atoms with Crippen LogP contribution in [0.15, 0.2) is 16.5 Å². The van der Waals surface area contributed by atoms with Gasteiger partial charge in [-0.05, 0) is 25.0 Å². The average molecular weight is 263 g/mol. The molecule has 0 aromatic carbocycles. The van der Waals surface area contributed by atoms with Crippen LogP contribution in [0.3, 0.4) is 0 Å². The van der Waals surface area contributed by atoms with Gasteiger partial charge in [0.15, 0.2) is 10.8 Å². The maximum Gasteiger partial charge on any atom is 0.347 e. The maximum absolute atomic E-state index is 11.2. The van der Waals surface area contributed by atoms with E-state index in [9.17, 15) is 9.90 Å². The number of carbonyl (C=O) groups is 1. The zero-order valence-electron chi connectivity index (χ0n) is 9.97. The lowest BCUT2D eigenvalue weighted by Crippen LogP contribution is -1.97. The van der Waals surface area contributed by atoms with Crippen molar-refractivity contribution in [3.63, 3.8) is 0 Å². The molecule has 0 bridgehead atoms. The molecule has 5 heteroatoms. The molecule has 94 valence electrons. The maximum atomic E-state index is 11.2. The van der Waals surface area contributed by atoms with Crippen LogP contribution in [0.4, 0.5) is 0 Å². The van der Waals surface area contributed by atoms with E-state index in [0.29, 0.717) is 21.6 Å². The van der Waals surface area contributed by atoms with Crippen molar-refractivity contribution in [3.05, 3.63) is 28.5 Å². The molecule has 3 rings (SSSR count). The number of nitrogens with zero attached hydrogens (tertiary/aromatic N) is 1. The third-order valence-electron chi connectivity index (χ3n) is 3.03. The van der Waals surface area contributed by atoms with E-state index in [1.807, 2.05) is 19.1 Å². The van der Waals surface area contributed by atoms with E-state index < -0.39 is 5.97 Å². The van der Waals surface area contributed by atoms with E-state index >= 15 is 0 Å². The van der Waals surface area contributed by atoms with E-state index in [-0.39, 0.29) is 0 Å². The molecule has 4 nitrogen and oxygen atoms in total. The molecule has 0 radical (unpaired) electrons. The highest BCUT2D eigenvalue weighted by atomic mass is 32.1. The molecule has 2 heterocycles. The number of thiazole rings is 1. The SMILES string of the molecule is CCc1ccc(-c2nc(C3CC3)c(C(=O)O)s2)o1. The first-order valence-corrected chi connectivity index (χ1v) is 6.83. The standard InChI is InChI=1S/C13H13NO3S/c1-2-8-5-6-9(17-8)12-14-10(7-3-4-7)11(18-12)13(15)16/h5-7H,2-4H2,1H3,(H,15,16). The highest BCUT2D eigenvalue weighted by molar-refractivity contribution is 7.17. The van der Waals surface area contributed by atoms with Gasteiger partial charge >= 0.3 is 5.97 Å². The fourth-order valence-corrected chi connectivity index (χ4v) is 2.86. The Bertz CT molecular complexity index is 595. The summed E-state index contributed by atoms with van der Waals surface area (Å²) in [5, 5.41) is 9.87. The summed E-state index contributed by atoms with van der Waals surface area (Å²) in [7, 11) is 0. The molecule has 1 fully saturated rings. The molecule has 2 aromatic rings. The van der Waals surface area contributed by atoms with Gasteiger partial charge < -0.3 is 9.52 Å². The molecular formula is C13H13NO3S. The Morgan fingerprint density at radius 1 is 1.56 bits per heavy atom. The minimum absolute atomic E-state index is 0.335. The topological polar surface area (TPSA) is 63.3 Å². The van der Waals surface area contributed by atoms with E-state index in [1.54, 1.807) is 0 Å². The number of furan rings is 1. The van der Waals surface area contributed by atoms with E-state index in [4.69, 9.17) is 4.42 Å². The lowest BCUT2D eigenvalue weighted by Gasteiger charge is -1.91. The second kappa shape index (κ2) is 4.24. The Labute approximate surface area is 108 Å². The second-order valence-corrected chi connectivity index (χ2v) is 5.43. The molecule has 1 N–H and O–H groups in total. The normalized spacial score (nSPS) is 14.9. The summed E-state index contributed by atoms with van der Waals surface area (Å²) in [4.78, 5) is 16.0. The lowest BCUT2D eigenvalue weighted by molar-refractivity contribution is 0.0700. The summed E-state index contributed by atoms with van der Waals surface area (Å²) in [6, 6.07) is 3.77. The first kappa shape index (κ1) is 11.5. The lowest BCUT2D eigenvalue weighted by atomic mass is 10.2. The number of carboxylic acid groups (broad SMARTS) is 1. The molecule has 0 saturated heterocycles. The average Bonchev–Trinajstić information content (AvgIpc) is 2.94. The van der Waals surface area contributed by atoms with Gasteiger partial charge in [-0.15, -0.1) is 11.3 Å². The van der Waals surface area contributed by atoms with Crippen molar-refractivity contribution in [1.82, 2.24) is 4.98 Å². The van der Waals surface area contributed by atoms with Crippen LogP contribution >= 0.6 is 11.3 Å². The van der Waals surface area contributed by atoms with Crippen molar-refractivity contribution in [1.29, 1.82) is 0 Å². The minimum Gasteiger partial charge on any atom is -0.477 e. The van der Waals surface area contributed by atoms with Gasteiger partial charge in [0, 0.05) is 12.3 Å². The molecule has 0 atom stereocenters. The number of aryl methyl sites for hydroxylation is 1. The van der Waals surface area contributed by atoms with Gasteiger partial charge in [0.2, 0.25) is 0 Å². The van der Waals surface area contributed by atoms with Crippen molar-refractivity contribution >= 4 is 17.3 Å². The molecule has 18 heavy (non-hydrogen) atoms. The van der Waals surface area contributed by atoms with Crippen molar-refractivity contribution in [2.45, 2.75) is 32.1 Å². The Kier molecular flexibility index (Phi) is 2.70. The number of carboxylic acids is 1. The fraction of sp³-hybridized carbons (Fsp3) is 0.385. The van der Waals surface area contributed by atoms with Crippen LogP contribution < -0.4 is 0 Å². The quantitative estimate of drug-likeness (QED) is 0.916. The summed E-state index contributed by atoms with van der Waals surface area (Å²) in [5.41, 5.74) is 0.733. The summed E-state index contributed by atoms with van der Waals surface area (Å²) < 4.78 is 5.62. The summed E-state index contributed by atoms with van der Waals surface area (Å²) in [6.45, 7) is 2.02. The Balaban J connectivity index is 2.01. The zero-order valence-corrected chi connectivity index (χ0v) is 10.8. The third kappa shape index (κ3) is 1.95. The largest absolute Gasteiger partial charge is 0.477 e. The highest BCUT2D eigenvalue weighted by Gasteiger charge is 2.32. The van der Waals surface area contributed by atoms with Crippen LogP contribution in [0.2, 0.25) is 0 Å². The number of hydrogen-bond acceptors (Lipinski definition) is 4. The van der Waals surface area contributed by atoms with Crippen molar-refractivity contribution in [2.24, 2.45) is 0 Å². The molecule has 0 aliphatic heterocycles. The van der Waals surface area contributed by atoms with Crippen molar-refractivity contribution in [3.8, 4) is 10.8 Å². The van der Waals surface area contributed by atoms with Crippen LogP contribution in [-0.2, 0) is 6.42 Å². The van der Waals surface area contributed by atoms with Crippen molar-refractivity contribution in [2.75, 3.05) is 0 Å². The smallest absolute Gasteiger partial charge is 0.347 e. The van der Waals surface area contributed by atoms with Crippen LogP contribution in [0.5, 0.6) is 0 Å². The van der Waals surface area contributed by atoms with E-state index in [2.05, 4.69) is 4.98 Å². The number of rotatable bonds is 4. The van der Waals surface area contributed by atoms with E-state index in [1.165, 1.54) is 11.3 Å². The Morgan fingerprint density at radius 2 is 2.33 bits per heavy atom. The van der Waals surface area contributed by atoms with Crippen LogP contribution in [0.1, 0.15) is 46.8 Å². The fourth-order valence-electron chi connectivity index (χ4n) is 1.91. The minimum atomic E-state index is -0.886. The monoisotopic (exact) mass is 263 g/mol.